The maximum absolute atomic E-state index is 11.5. The number of carboxylic acids is 1. The van der Waals surface area contributed by atoms with Gasteiger partial charge in [-0.05, 0) is 87.5 Å². The zero-order chi connectivity index (χ0) is 41.3. The molecule has 0 atom stereocenters. The van der Waals surface area contributed by atoms with Gasteiger partial charge in [-0.1, -0.05) is 182 Å². The van der Waals surface area contributed by atoms with Gasteiger partial charge in [-0.3, -0.25) is 0 Å². The molecule has 0 aliphatic rings. The fourth-order valence-corrected chi connectivity index (χ4v) is 11.1. The summed E-state index contributed by atoms with van der Waals surface area (Å²) >= 11 is 1.82. The molecule has 10 heteroatoms. The monoisotopic (exact) mass is 909 g/mol. The molecule has 0 spiro atoms. The van der Waals surface area contributed by atoms with E-state index < -0.39 is 28.0 Å². The van der Waals surface area contributed by atoms with Crippen molar-refractivity contribution >= 4 is 63.3 Å². The van der Waals surface area contributed by atoms with Crippen molar-refractivity contribution in [2.45, 2.75) is 33.9 Å². The minimum absolute atomic E-state index is 0.446. The summed E-state index contributed by atoms with van der Waals surface area (Å²) in [5.41, 5.74) is 3.18. The van der Waals surface area contributed by atoms with Gasteiger partial charge in [-0.15, -0.1) is 0 Å². The third-order valence-corrected chi connectivity index (χ3v) is 13.7. The molecule has 0 bridgehead atoms. The zero-order valence-electron chi connectivity index (χ0n) is 32.8. The molecule has 0 aliphatic heterocycles. The summed E-state index contributed by atoms with van der Waals surface area (Å²) in [6.07, 6.45) is -0.938. The minimum atomic E-state index is -0.979. The normalized spacial score (nSPS) is 10.5. The predicted molar refractivity (Wildman–Crippen MR) is 242 cm³/mol. The Morgan fingerprint density at radius 2 is 0.672 bits per heavy atom. The summed E-state index contributed by atoms with van der Waals surface area (Å²) in [7, 11) is 3.68. The molecule has 2 heterocycles. The van der Waals surface area contributed by atoms with Crippen molar-refractivity contribution in [3.63, 3.8) is 0 Å². The summed E-state index contributed by atoms with van der Waals surface area (Å²) in [6.45, 7) is 7.34. The number of rotatable bonds is 9. The topological polar surface area (TPSA) is 72.9 Å². The minimum Gasteiger partial charge on any atom is -0.0622 e. The molecule has 0 fully saturated rings. The van der Waals surface area contributed by atoms with Crippen molar-refractivity contribution in [2.24, 2.45) is 0 Å². The van der Waals surface area contributed by atoms with E-state index in [2.05, 4.69) is 202 Å². The number of hydrogen-bond acceptors (Lipinski definition) is 3. The first-order valence-electron chi connectivity index (χ1n) is 18.6. The third-order valence-electron chi connectivity index (χ3n) is 8.86. The van der Waals surface area contributed by atoms with E-state index in [1.54, 1.807) is 0 Å². The maximum Gasteiger partial charge on any atom is -0.0134 e. The summed E-state index contributed by atoms with van der Waals surface area (Å²) in [4.78, 5) is 11.5. The first kappa shape index (κ1) is 44.1. The largest absolute Gasteiger partial charge is 0.0622 e. The Morgan fingerprint density at radius 1 is 0.466 bits per heavy atom. The first-order chi connectivity index (χ1) is 28.3. The number of nitrogens with zero attached hydrogens (tertiary/aromatic N) is 4. The molecule has 6 nitrogen and oxygen atoms in total. The van der Waals surface area contributed by atoms with Crippen LogP contribution in [0.15, 0.2) is 194 Å². The van der Waals surface area contributed by atoms with E-state index in [-0.39, 0.29) is 0 Å². The smallest absolute Gasteiger partial charge is 0.0134 e. The Bertz CT molecular complexity index is 2050. The quantitative estimate of drug-likeness (QED) is 0.116. The van der Waals surface area contributed by atoms with Gasteiger partial charge in [0.15, 0.2) is 0 Å². The average molecular weight is 909 g/mol. The third kappa shape index (κ3) is 12.0. The summed E-state index contributed by atoms with van der Waals surface area (Å²) in [5.74, 6) is -0.979. The summed E-state index contributed by atoms with van der Waals surface area (Å²) in [5, 5.41) is 26.3. The van der Waals surface area contributed by atoms with Gasteiger partial charge in [0.25, 0.3) is 0 Å². The number of aromatic nitrogens is 4. The molecule has 6 aromatic carbocycles. The Kier molecular flexibility index (Phi) is 17.3. The van der Waals surface area contributed by atoms with Crippen LogP contribution in [0.3, 0.4) is 0 Å². The SMILES string of the molecule is Cc1cc(C)n(C(C(=O)O)n2nc(C)cc2C)n1.[Cl][Ru].c1ccc(P(c2ccccc2)c2ccccc2)cc1.c1ccc(P(c2ccccc2)c2ccccc2)cc1. The molecule has 0 saturated heterocycles. The Hall–Kier alpha value is -5.02. The van der Waals surface area contributed by atoms with Crippen molar-refractivity contribution in [3.05, 3.63) is 217 Å². The van der Waals surface area contributed by atoms with Crippen LogP contribution < -0.4 is 31.8 Å². The molecule has 0 amide bonds. The second-order valence-corrected chi connectivity index (χ2v) is 17.6. The second-order valence-electron chi connectivity index (χ2n) is 13.1. The van der Waals surface area contributed by atoms with Crippen molar-refractivity contribution in [2.75, 3.05) is 0 Å². The number of carbonyl (C=O) groups is 1. The Morgan fingerprint density at radius 3 is 0.828 bits per heavy atom. The van der Waals surface area contributed by atoms with Crippen LogP contribution in [0, 0.1) is 27.7 Å². The molecular weight excluding hydrogens is 863 g/mol. The second kappa shape index (κ2) is 22.8. The van der Waals surface area contributed by atoms with Crippen LogP contribution >= 0.6 is 25.5 Å². The molecule has 2 aromatic heterocycles. The fourth-order valence-electron chi connectivity index (χ4n) is 6.46. The van der Waals surface area contributed by atoms with Crippen LogP contribution in [0.2, 0.25) is 0 Å². The van der Waals surface area contributed by atoms with Gasteiger partial charge in [-0.2, -0.15) is 10.2 Å². The first-order valence-corrected chi connectivity index (χ1v) is 23.5. The Balaban J connectivity index is 0.000000162. The maximum atomic E-state index is 11.5. The van der Waals surface area contributed by atoms with E-state index in [4.69, 9.17) is 0 Å². The molecular formula is C48H46ClN4O2P2Ru. The summed E-state index contributed by atoms with van der Waals surface area (Å²) in [6, 6.07) is 68.3. The zero-order valence-corrected chi connectivity index (χ0v) is 37.1. The Labute approximate surface area is 358 Å². The van der Waals surface area contributed by atoms with Gasteiger partial charge in [0, 0.05) is 11.4 Å². The van der Waals surface area contributed by atoms with Crippen molar-refractivity contribution in [1.82, 2.24) is 19.6 Å². The molecule has 1 N–H and O–H groups in total. The van der Waals surface area contributed by atoms with Crippen molar-refractivity contribution in [3.8, 4) is 0 Å². The van der Waals surface area contributed by atoms with Crippen molar-refractivity contribution in [1.29, 1.82) is 0 Å². The van der Waals surface area contributed by atoms with E-state index in [0.717, 1.165) is 22.8 Å². The van der Waals surface area contributed by atoms with Gasteiger partial charge in [0.05, 0.1) is 11.4 Å². The number of aliphatic carboxylic acids is 1. The molecule has 0 saturated carbocycles. The average Bonchev–Trinajstić information content (AvgIpc) is 3.78. The molecule has 8 rings (SSSR count). The van der Waals surface area contributed by atoms with Gasteiger partial charge >= 0.3 is 33.0 Å². The number of aryl methyl sites for hydroxylation is 4. The van der Waals surface area contributed by atoms with Crippen LogP contribution in [0.5, 0.6) is 0 Å². The summed E-state index contributed by atoms with van der Waals surface area (Å²) < 4.78 is 2.97. The molecule has 8 aromatic rings. The molecule has 295 valence electrons. The van der Waals surface area contributed by atoms with Crippen LogP contribution in [0.1, 0.15) is 28.9 Å². The van der Waals surface area contributed by atoms with Crippen LogP contribution in [-0.4, -0.2) is 30.6 Å². The number of halogens is 1. The van der Waals surface area contributed by atoms with Gasteiger partial charge < -0.3 is 5.11 Å². The van der Waals surface area contributed by atoms with E-state index in [1.165, 1.54) is 41.2 Å². The molecule has 0 aliphatic carbocycles. The number of hydrogen-bond donors (Lipinski definition) is 1. The van der Waals surface area contributed by atoms with Crippen LogP contribution in [-0.2, 0) is 22.1 Å². The fraction of sp³-hybridized carbons (Fsp3) is 0.104. The van der Waals surface area contributed by atoms with Crippen molar-refractivity contribution < 1.29 is 27.2 Å². The van der Waals surface area contributed by atoms with E-state index in [9.17, 15) is 9.90 Å². The number of benzene rings is 6. The molecule has 0 radical (unpaired) electrons. The predicted octanol–water partition coefficient (Wildman–Crippen LogP) is 9.02. The van der Waals surface area contributed by atoms with Gasteiger partial charge in [-0.25, -0.2) is 14.2 Å². The van der Waals surface area contributed by atoms with E-state index in [0.29, 0.717) is 0 Å². The van der Waals surface area contributed by atoms with Gasteiger partial charge in [0.1, 0.15) is 0 Å². The van der Waals surface area contributed by atoms with Crippen LogP contribution in [0.25, 0.3) is 0 Å². The van der Waals surface area contributed by atoms with Gasteiger partial charge in [0.2, 0.25) is 6.17 Å². The molecule has 58 heavy (non-hydrogen) atoms. The standard InChI is InChI=1S/2C18H15P.C12H16N4O2.ClH.Ru/c2*1-4-10-16(11-5-1)19(17-12-6-2-7-13-17)18-14-8-3-9-15-18;1-7-5-9(3)15(13-7)11(12(17)18)16-10(4)6-8(2)14-16;;/h2*1-15H;5-6,11H,1-4H3,(H,17,18);1H;/q;;;;+1/p-1. The van der Waals surface area contributed by atoms with Crippen LogP contribution in [0.4, 0.5) is 0 Å². The van der Waals surface area contributed by atoms with E-state index >= 15 is 0 Å². The number of carboxylic acid groups (broad SMARTS) is 1. The molecule has 0 unspecified atom stereocenters. The van der Waals surface area contributed by atoms with E-state index in [1.807, 2.05) is 57.1 Å².